The monoisotopic (exact) mass is 282 g/mol. The van der Waals surface area contributed by atoms with Gasteiger partial charge in [-0.15, -0.1) is 0 Å². The Kier molecular flexibility index (Phi) is 7.42. The summed E-state index contributed by atoms with van der Waals surface area (Å²) < 4.78 is 4.80. The van der Waals surface area contributed by atoms with E-state index >= 15 is 0 Å². The van der Waals surface area contributed by atoms with Crippen molar-refractivity contribution in [1.82, 2.24) is 10.6 Å². The minimum absolute atomic E-state index is 0.103. The van der Waals surface area contributed by atoms with Crippen molar-refractivity contribution in [3.8, 4) is 0 Å². The first kappa shape index (κ1) is 16.2. The molecule has 6 nitrogen and oxygen atoms in total. The second-order valence-electron chi connectivity index (χ2n) is 4.61. The summed E-state index contributed by atoms with van der Waals surface area (Å²) in [5.41, 5.74) is 0.444. The van der Waals surface area contributed by atoms with E-state index in [1.807, 2.05) is 6.92 Å². The van der Waals surface area contributed by atoms with Gasteiger partial charge in [0.25, 0.3) is 5.91 Å². The number of hydrogen-bond donors (Lipinski definition) is 3. The van der Waals surface area contributed by atoms with Gasteiger partial charge < -0.3 is 20.2 Å². The molecule has 1 aromatic rings. The third-order valence-corrected chi connectivity index (χ3v) is 3.12. The summed E-state index contributed by atoms with van der Waals surface area (Å²) in [5, 5.41) is 14.3. The van der Waals surface area contributed by atoms with Gasteiger partial charge >= 0.3 is 0 Å². The molecule has 0 aliphatic rings. The van der Waals surface area contributed by atoms with Crippen molar-refractivity contribution in [2.75, 3.05) is 19.7 Å². The minimum Gasteiger partial charge on any atom is -0.472 e. The van der Waals surface area contributed by atoms with Gasteiger partial charge in [0.2, 0.25) is 5.91 Å². The molecule has 1 atom stereocenters. The zero-order chi connectivity index (χ0) is 14.8. The molecule has 0 aromatic carbocycles. The van der Waals surface area contributed by atoms with E-state index in [-0.39, 0.29) is 31.4 Å². The van der Waals surface area contributed by atoms with Crippen molar-refractivity contribution in [3.05, 3.63) is 24.2 Å². The highest BCUT2D eigenvalue weighted by Gasteiger charge is 2.09. The van der Waals surface area contributed by atoms with E-state index in [0.29, 0.717) is 24.4 Å². The fraction of sp³-hybridized carbons (Fsp3) is 0.571. The van der Waals surface area contributed by atoms with Crippen LogP contribution >= 0.6 is 0 Å². The number of aliphatic hydroxyl groups is 1. The van der Waals surface area contributed by atoms with E-state index in [1.165, 1.54) is 12.5 Å². The minimum atomic E-state index is -0.252. The molecule has 0 radical (unpaired) electrons. The van der Waals surface area contributed by atoms with E-state index in [9.17, 15) is 9.59 Å². The lowest BCUT2D eigenvalue weighted by molar-refractivity contribution is -0.121. The number of nitrogens with one attached hydrogen (secondary N) is 2. The van der Waals surface area contributed by atoms with Crippen LogP contribution in [0.3, 0.4) is 0 Å². The molecule has 2 amide bonds. The van der Waals surface area contributed by atoms with Crippen LogP contribution in [0.4, 0.5) is 0 Å². The molecule has 1 rings (SSSR count). The molecule has 0 bridgehead atoms. The van der Waals surface area contributed by atoms with Crippen LogP contribution < -0.4 is 10.6 Å². The fourth-order valence-electron chi connectivity index (χ4n) is 1.76. The van der Waals surface area contributed by atoms with Crippen LogP contribution in [0.5, 0.6) is 0 Å². The molecule has 3 N–H and O–H groups in total. The number of amides is 2. The summed E-state index contributed by atoms with van der Waals surface area (Å²) in [5.74, 6) is -0.0587. The van der Waals surface area contributed by atoms with Crippen molar-refractivity contribution in [2.45, 2.75) is 26.2 Å². The van der Waals surface area contributed by atoms with Gasteiger partial charge in [0.05, 0.1) is 11.8 Å². The Hall–Kier alpha value is -1.82. The molecule has 6 heteroatoms. The van der Waals surface area contributed by atoms with Crippen LogP contribution in [0.2, 0.25) is 0 Å². The third kappa shape index (κ3) is 5.88. The fourth-order valence-corrected chi connectivity index (χ4v) is 1.76. The largest absolute Gasteiger partial charge is 0.472 e. The first-order chi connectivity index (χ1) is 9.67. The third-order valence-electron chi connectivity index (χ3n) is 3.12. The highest BCUT2D eigenvalue weighted by atomic mass is 16.3. The van der Waals surface area contributed by atoms with Gasteiger partial charge in [-0.25, -0.2) is 0 Å². The number of rotatable bonds is 9. The normalized spacial score (nSPS) is 11.9. The Morgan fingerprint density at radius 1 is 1.40 bits per heavy atom. The number of carbonyl (C=O) groups excluding carboxylic acids is 2. The second kappa shape index (κ2) is 9.14. The summed E-state index contributed by atoms with van der Waals surface area (Å²) >= 11 is 0. The van der Waals surface area contributed by atoms with E-state index in [1.54, 1.807) is 6.07 Å². The van der Waals surface area contributed by atoms with Crippen LogP contribution in [-0.2, 0) is 4.79 Å². The molecule has 0 saturated carbocycles. The lowest BCUT2D eigenvalue weighted by atomic mass is 10.0. The topological polar surface area (TPSA) is 91.6 Å². The van der Waals surface area contributed by atoms with Crippen LogP contribution in [0.1, 0.15) is 36.5 Å². The summed E-state index contributed by atoms with van der Waals surface area (Å²) in [4.78, 5) is 23.1. The lowest BCUT2D eigenvalue weighted by Gasteiger charge is -2.14. The van der Waals surface area contributed by atoms with Gasteiger partial charge in [-0.1, -0.05) is 13.3 Å². The Bertz CT molecular complexity index is 403. The summed E-state index contributed by atoms with van der Waals surface area (Å²) in [6.45, 7) is 3.00. The van der Waals surface area contributed by atoms with Gasteiger partial charge in [-0.3, -0.25) is 9.59 Å². The summed E-state index contributed by atoms with van der Waals surface area (Å²) in [6.07, 6.45) is 4.62. The quantitative estimate of drug-likeness (QED) is 0.628. The van der Waals surface area contributed by atoms with Crippen molar-refractivity contribution in [1.29, 1.82) is 0 Å². The molecule has 1 aromatic heterocycles. The molecular weight excluding hydrogens is 260 g/mol. The van der Waals surface area contributed by atoms with Crippen molar-refractivity contribution in [3.63, 3.8) is 0 Å². The summed E-state index contributed by atoms with van der Waals surface area (Å²) in [7, 11) is 0. The van der Waals surface area contributed by atoms with E-state index in [0.717, 1.165) is 6.42 Å². The highest BCUT2D eigenvalue weighted by Crippen LogP contribution is 2.05. The predicted molar refractivity (Wildman–Crippen MR) is 74.2 cm³/mol. The number of aliphatic hydroxyl groups excluding tert-OH is 1. The maximum absolute atomic E-state index is 11.6. The van der Waals surface area contributed by atoms with Crippen molar-refractivity contribution in [2.24, 2.45) is 5.92 Å². The molecule has 0 aliphatic heterocycles. The number of furan rings is 1. The maximum Gasteiger partial charge on any atom is 0.254 e. The van der Waals surface area contributed by atoms with Gasteiger partial charge in [-0.05, 0) is 18.4 Å². The van der Waals surface area contributed by atoms with Crippen LogP contribution in [0, 0.1) is 5.92 Å². The smallest absolute Gasteiger partial charge is 0.254 e. The zero-order valence-corrected chi connectivity index (χ0v) is 11.7. The van der Waals surface area contributed by atoms with Gasteiger partial charge in [0.1, 0.15) is 6.26 Å². The molecule has 0 aliphatic carbocycles. The van der Waals surface area contributed by atoms with Crippen molar-refractivity contribution < 1.29 is 19.1 Å². The Morgan fingerprint density at radius 2 is 2.20 bits per heavy atom. The molecule has 0 saturated heterocycles. The number of carbonyl (C=O) groups is 2. The first-order valence-electron chi connectivity index (χ1n) is 6.85. The van der Waals surface area contributed by atoms with Gasteiger partial charge in [-0.2, -0.15) is 0 Å². The molecule has 1 heterocycles. The molecule has 20 heavy (non-hydrogen) atoms. The Morgan fingerprint density at radius 3 is 2.80 bits per heavy atom. The van der Waals surface area contributed by atoms with Crippen LogP contribution in [0.25, 0.3) is 0 Å². The first-order valence-corrected chi connectivity index (χ1v) is 6.85. The standard InChI is InChI=1S/C14H22N2O4/c1-2-11(4-7-17)9-16-13(18)3-6-15-14(19)12-5-8-20-10-12/h5,8,10-11,17H,2-4,6-7,9H2,1H3,(H,15,19)(H,16,18). The van der Waals surface area contributed by atoms with Crippen LogP contribution in [-0.4, -0.2) is 36.6 Å². The van der Waals surface area contributed by atoms with Gasteiger partial charge in [0.15, 0.2) is 0 Å². The van der Waals surface area contributed by atoms with Crippen LogP contribution in [0.15, 0.2) is 23.0 Å². The Balaban J connectivity index is 2.15. The molecular formula is C14H22N2O4. The molecule has 0 spiro atoms. The average Bonchev–Trinajstić information content (AvgIpc) is 2.97. The Labute approximate surface area is 118 Å². The maximum atomic E-state index is 11.6. The van der Waals surface area contributed by atoms with Gasteiger partial charge in [0, 0.05) is 26.1 Å². The predicted octanol–water partition coefficient (Wildman–Crippen LogP) is 0.924. The lowest BCUT2D eigenvalue weighted by Crippen LogP contribution is -2.33. The van der Waals surface area contributed by atoms with E-state index in [4.69, 9.17) is 9.52 Å². The molecule has 0 fully saturated rings. The van der Waals surface area contributed by atoms with E-state index in [2.05, 4.69) is 10.6 Å². The molecule has 112 valence electrons. The summed E-state index contributed by atoms with van der Waals surface area (Å²) in [6, 6.07) is 1.57. The SMILES string of the molecule is CCC(CCO)CNC(=O)CCNC(=O)c1ccoc1. The van der Waals surface area contributed by atoms with Crippen molar-refractivity contribution >= 4 is 11.8 Å². The van der Waals surface area contributed by atoms with E-state index < -0.39 is 0 Å². The highest BCUT2D eigenvalue weighted by molar-refractivity contribution is 5.93. The zero-order valence-electron chi connectivity index (χ0n) is 11.7. The number of hydrogen-bond acceptors (Lipinski definition) is 4. The average molecular weight is 282 g/mol. The molecule has 1 unspecified atom stereocenters. The second-order valence-corrected chi connectivity index (χ2v) is 4.61.